The van der Waals surface area contributed by atoms with Crippen LogP contribution in [0.4, 0.5) is 24.5 Å². The average molecular weight is 581 g/mol. The van der Waals surface area contributed by atoms with Crippen molar-refractivity contribution in [2.45, 2.75) is 56.9 Å². The second-order valence-corrected chi connectivity index (χ2v) is 13.3. The Morgan fingerprint density at radius 1 is 0.951 bits per heavy atom. The molecule has 2 heterocycles. The smallest absolute Gasteiger partial charge is 0.347 e. The molecule has 1 saturated carbocycles. The van der Waals surface area contributed by atoms with Crippen LogP contribution in [-0.2, 0) is 20.9 Å². The van der Waals surface area contributed by atoms with Crippen molar-refractivity contribution in [3.63, 3.8) is 0 Å². The Kier molecular flexibility index (Phi) is 6.83. The Morgan fingerprint density at radius 2 is 1.59 bits per heavy atom. The van der Waals surface area contributed by atoms with E-state index in [1.54, 1.807) is 12.2 Å². The van der Waals surface area contributed by atoms with Gasteiger partial charge < -0.3 is 4.90 Å². The lowest BCUT2D eigenvalue weighted by Gasteiger charge is -2.23. The second kappa shape index (κ2) is 9.71. The number of allylic oxidation sites excluding steroid dienone is 5. The van der Waals surface area contributed by atoms with E-state index in [1.807, 2.05) is 72.1 Å². The fourth-order valence-corrected chi connectivity index (χ4v) is 6.75. The molecule has 0 radical (unpaired) electrons. The Bertz CT molecular complexity index is 1750. The maximum Gasteiger partial charge on any atom is 0.518 e. The molecule has 0 amide bonds. The average Bonchev–Trinajstić information content (AvgIpc) is 3.43. The second-order valence-electron chi connectivity index (χ2n) is 11.7. The molecule has 0 saturated heterocycles. The molecule has 0 bridgehead atoms. The van der Waals surface area contributed by atoms with Gasteiger partial charge in [-0.2, -0.15) is 30.6 Å². The highest BCUT2D eigenvalue weighted by atomic mass is 32.2. The Labute approximate surface area is 239 Å². The maximum atomic E-state index is 13.4. The van der Waals surface area contributed by atoms with Crippen molar-refractivity contribution in [1.29, 1.82) is 0 Å². The van der Waals surface area contributed by atoms with Gasteiger partial charge in [0.15, 0.2) is 5.71 Å². The van der Waals surface area contributed by atoms with E-state index in [9.17, 15) is 21.6 Å². The van der Waals surface area contributed by atoms with E-state index in [-0.39, 0.29) is 16.5 Å². The summed E-state index contributed by atoms with van der Waals surface area (Å²) in [6, 6.07) is 16.0. The van der Waals surface area contributed by atoms with Crippen LogP contribution in [0.1, 0.15) is 51.7 Å². The highest BCUT2D eigenvalue weighted by Gasteiger charge is 2.47. The number of halogens is 3. The van der Waals surface area contributed by atoms with Crippen LogP contribution in [0, 0.1) is 0 Å². The van der Waals surface area contributed by atoms with E-state index in [4.69, 9.17) is 0 Å². The molecular weight excluding hydrogens is 547 g/mol. The van der Waals surface area contributed by atoms with Crippen LogP contribution >= 0.6 is 0 Å². The fourth-order valence-electron chi connectivity index (χ4n) is 6.17. The Morgan fingerprint density at radius 3 is 2.22 bits per heavy atom. The van der Waals surface area contributed by atoms with E-state index in [2.05, 4.69) is 43.9 Å². The lowest BCUT2D eigenvalue weighted by molar-refractivity contribution is -0.401. The first-order valence-electron chi connectivity index (χ1n) is 13.4. The number of anilines is 1. The molecule has 2 aromatic rings. The van der Waals surface area contributed by atoms with Gasteiger partial charge in [0.05, 0.1) is 11.1 Å². The zero-order valence-electron chi connectivity index (χ0n) is 24.0. The molecule has 214 valence electrons. The first-order chi connectivity index (χ1) is 19.1. The number of para-hydroxylation sites is 2. The summed E-state index contributed by atoms with van der Waals surface area (Å²) in [4.78, 5) is 2.05. The van der Waals surface area contributed by atoms with Crippen LogP contribution in [-0.4, -0.2) is 44.0 Å². The molecule has 5 rings (SSSR count). The molecule has 0 spiro atoms. The maximum absolute atomic E-state index is 13.4. The van der Waals surface area contributed by atoms with E-state index >= 15 is 0 Å². The molecule has 0 atom stereocenters. The SMILES string of the molecule is CN1/C(=C/C=C2\CCC(=C=CC3=[N+](C)c4ccccc4C3(C)C)C2=NS(=O)(=O)C(F)(F)F)C(C)(C)c2ccccc21. The zero-order valence-corrected chi connectivity index (χ0v) is 24.8. The van der Waals surface area contributed by atoms with Crippen LogP contribution in [0.3, 0.4) is 0 Å². The number of likely N-dealkylation sites (N-methyl/N-ethyl adjacent to an activating group) is 1. The number of benzene rings is 2. The fraction of sp³-hybridized carbons (Fsp3) is 0.344. The minimum absolute atomic E-state index is 0.192. The monoisotopic (exact) mass is 580 g/mol. The quantitative estimate of drug-likeness (QED) is 0.288. The molecule has 3 aliphatic rings. The van der Waals surface area contributed by atoms with E-state index in [0.717, 1.165) is 33.9 Å². The summed E-state index contributed by atoms with van der Waals surface area (Å²) in [5.74, 6) is 0. The van der Waals surface area contributed by atoms with Gasteiger partial charge in [0, 0.05) is 47.1 Å². The minimum atomic E-state index is -5.75. The summed E-state index contributed by atoms with van der Waals surface area (Å²) in [6.07, 6.45) is 5.97. The molecule has 5 nitrogen and oxygen atoms in total. The normalized spacial score (nSPS) is 22.5. The van der Waals surface area contributed by atoms with E-state index in [0.29, 0.717) is 24.0 Å². The summed E-state index contributed by atoms with van der Waals surface area (Å²) in [7, 11) is -1.88. The molecule has 0 aromatic heterocycles. The third-order valence-electron chi connectivity index (χ3n) is 8.44. The Hall–Kier alpha value is -3.68. The van der Waals surface area contributed by atoms with Crippen molar-refractivity contribution in [3.8, 4) is 0 Å². The van der Waals surface area contributed by atoms with Gasteiger partial charge in [-0.3, -0.25) is 0 Å². The van der Waals surface area contributed by atoms with E-state index < -0.39 is 15.5 Å². The van der Waals surface area contributed by atoms with Crippen molar-refractivity contribution in [3.05, 3.63) is 100 Å². The molecule has 2 aliphatic heterocycles. The van der Waals surface area contributed by atoms with Gasteiger partial charge in [0.2, 0.25) is 5.69 Å². The van der Waals surface area contributed by atoms with Crippen LogP contribution < -0.4 is 4.90 Å². The van der Waals surface area contributed by atoms with Gasteiger partial charge in [0.1, 0.15) is 7.05 Å². The first kappa shape index (κ1) is 28.8. The predicted molar refractivity (Wildman–Crippen MR) is 158 cm³/mol. The van der Waals surface area contributed by atoms with Gasteiger partial charge in [0.25, 0.3) is 0 Å². The summed E-state index contributed by atoms with van der Waals surface area (Å²) in [6.45, 7) is 8.31. The van der Waals surface area contributed by atoms with Crippen molar-refractivity contribution < 1.29 is 26.2 Å². The molecule has 1 fully saturated rings. The highest BCUT2D eigenvalue weighted by molar-refractivity contribution is 7.91. The van der Waals surface area contributed by atoms with Gasteiger partial charge in [-0.25, -0.2) is 0 Å². The molecule has 1 aliphatic carbocycles. The predicted octanol–water partition coefficient (Wildman–Crippen LogP) is 7.10. The van der Waals surface area contributed by atoms with Crippen molar-refractivity contribution in [1.82, 2.24) is 0 Å². The first-order valence-corrected chi connectivity index (χ1v) is 14.8. The Balaban J connectivity index is 1.61. The molecule has 9 heteroatoms. The van der Waals surface area contributed by atoms with Crippen molar-refractivity contribution in [2.24, 2.45) is 4.40 Å². The number of sulfonamides is 1. The summed E-state index contributed by atoms with van der Waals surface area (Å²) in [5, 5.41) is 0. The van der Waals surface area contributed by atoms with Crippen LogP contribution in [0.25, 0.3) is 0 Å². The topological polar surface area (TPSA) is 52.8 Å². The van der Waals surface area contributed by atoms with Crippen LogP contribution in [0.5, 0.6) is 0 Å². The van der Waals surface area contributed by atoms with Gasteiger partial charge in [-0.05, 0) is 50.0 Å². The molecule has 2 aromatic carbocycles. The number of fused-ring (bicyclic) bond motifs is 2. The van der Waals surface area contributed by atoms with Crippen LogP contribution in [0.2, 0.25) is 0 Å². The lowest BCUT2D eigenvalue weighted by atomic mass is 9.81. The zero-order chi connectivity index (χ0) is 30.0. The summed E-state index contributed by atoms with van der Waals surface area (Å²) < 4.78 is 70.1. The number of rotatable bonds is 3. The molecule has 0 N–H and O–H groups in total. The molecule has 0 unspecified atom stereocenters. The van der Waals surface area contributed by atoms with Crippen LogP contribution in [0.15, 0.2) is 93.7 Å². The number of hydrogen-bond donors (Lipinski definition) is 0. The number of alkyl halides is 3. The lowest BCUT2D eigenvalue weighted by Crippen LogP contribution is -2.26. The van der Waals surface area contributed by atoms with Crippen molar-refractivity contribution >= 4 is 32.8 Å². The molecular formula is C32H33F3N3O2S+. The summed E-state index contributed by atoms with van der Waals surface area (Å²) >= 11 is 0. The van der Waals surface area contributed by atoms with E-state index in [1.165, 1.54) is 0 Å². The van der Waals surface area contributed by atoms with Crippen molar-refractivity contribution in [2.75, 3.05) is 19.0 Å². The van der Waals surface area contributed by atoms with Gasteiger partial charge >= 0.3 is 15.5 Å². The minimum Gasteiger partial charge on any atom is -0.347 e. The third-order valence-corrected chi connectivity index (χ3v) is 9.45. The number of nitrogens with zero attached hydrogens (tertiary/aromatic N) is 3. The largest absolute Gasteiger partial charge is 0.518 e. The van der Waals surface area contributed by atoms with Gasteiger partial charge in [-0.1, -0.05) is 56.3 Å². The molecule has 41 heavy (non-hydrogen) atoms. The summed E-state index contributed by atoms with van der Waals surface area (Å²) in [5.41, 5.74) is 3.67. The number of hydrogen-bond acceptors (Lipinski definition) is 3. The van der Waals surface area contributed by atoms with Gasteiger partial charge in [-0.15, -0.1) is 5.73 Å². The highest BCUT2D eigenvalue weighted by Crippen LogP contribution is 2.47. The standard InChI is InChI=1S/C32H33F3N3O2S/c1-30(2)23-11-7-9-13-25(23)37(5)27(30)19-17-21-15-16-22(29(21)36-41(39,40)32(33,34)35)18-20-28-31(3,4)24-12-8-10-14-26(24)38(28)6/h7-14,17,19-20H,15-16H2,1-6H3/q+1/b21-17+,27-19+,36-29?. The third kappa shape index (κ3) is 4.71.